The van der Waals surface area contributed by atoms with E-state index in [1.165, 1.54) is 24.8 Å². The summed E-state index contributed by atoms with van der Waals surface area (Å²) in [6.45, 7) is 3.12. The molecule has 5 heteroatoms. The fourth-order valence-corrected chi connectivity index (χ4v) is 3.30. The number of anilines is 2. The van der Waals surface area contributed by atoms with Crippen LogP contribution in [0.15, 0.2) is 30.3 Å². The van der Waals surface area contributed by atoms with E-state index in [2.05, 4.69) is 45.2 Å². The van der Waals surface area contributed by atoms with E-state index in [9.17, 15) is 0 Å². The number of rotatable bonds is 2. The maximum atomic E-state index is 4.80. The van der Waals surface area contributed by atoms with Crippen LogP contribution in [-0.2, 0) is 0 Å². The smallest absolute Gasteiger partial charge is 0.246 e. The van der Waals surface area contributed by atoms with E-state index in [4.69, 9.17) is 10.1 Å². The molecular formula is C16H21N5. The zero-order chi connectivity index (χ0) is 14.1. The second kappa shape index (κ2) is 5.39. The number of piperidine rings is 1. The molecule has 2 aromatic rings. The van der Waals surface area contributed by atoms with Gasteiger partial charge in [0.2, 0.25) is 11.9 Å². The molecule has 1 fully saturated rings. The van der Waals surface area contributed by atoms with Crippen LogP contribution in [0.1, 0.15) is 37.3 Å². The van der Waals surface area contributed by atoms with Gasteiger partial charge in [0.15, 0.2) is 0 Å². The van der Waals surface area contributed by atoms with Crippen molar-refractivity contribution >= 4 is 11.9 Å². The van der Waals surface area contributed by atoms with Crippen LogP contribution in [0.4, 0.5) is 11.9 Å². The number of nitrogens with one attached hydrogen (secondary N) is 1. The Morgan fingerprint density at radius 3 is 2.67 bits per heavy atom. The highest BCUT2D eigenvalue weighted by Gasteiger charge is 2.26. The summed E-state index contributed by atoms with van der Waals surface area (Å²) < 4.78 is 2.07. The third-order valence-electron chi connectivity index (χ3n) is 4.44. The molecule has 0 spiro atoms. The quantitative estimate of drug-likeness (QED) is 0.920. The molecule has 0 bridgehead atoms. The molecule has 0 aliphatic carbocycles. The number of benzene rings is 1. The Balaban J connectivity index is 1.66. The number of hydrogen-bond acceptors (Lipinski definition) is 4. The van der Waals surface area contributed by atoms with E-state index in [0.717, 1.165) is 38.0 Å². The van der Waals surface area contributed by atoms with E-state index >= 15 is 0 Å². The fourth-order valence-electron chi connectivity index (χ4n) is 3.30. The highest BCUT2D eigenvalue weighted by molar-refractivity contribution is 5.41. The van der Waals surface area contributed by atoms with Crippen molar-refractivity contribution in [2.45, 2.75) is 31.7 Å². The molecule has 21 heavy (non-hydrogen) atoms. The summed E-state index contributed by atoms with van der Waals surface area (Å²) in [5.74, 6) is 1.80. The number of fused-ring (bicyclic) bond motifs is 1. The minimum Gasteiger partial charge on any atom is -0.354 e. The van der Waals surface area contributed by atoms with E-state index in [0.29, 0.717) is 6.04 Å². The first-order valence-electron chi connectivity index (χ1n) is 7.92. The van der Waals surface area contributed by atoms with Gasteiger partial charge < -0.3 is 10.2 Å². The lowest BCUT2D eigenvalue weighted by atomic mass is 10.0. The molecule has 2 aliphatic rings. The van der Waals surface area contributed by atoms with E-state index in [1.807, 2.05) is 0 Å². The van der Waals surface area contributed by atoms with Gasteiger partial charge in [0.25, 0.3) is 0 Å². The number of nitrogens with zero attached hydrogens (tertiary/aromatic N) is 4. The standard InChI is InChI=1S/C16H21N5/c1-3-7-13(8-4-1)14-9-10-17-15-18-16(19-21(14)15)20-11-5-2-6-12-20/h1,3-4,7-8,14H,2,5-6,9-12H2,(H,17,18,19). The van der Waals surface area contributed by atoms with Gasteiger partial charge in [0.05, 0.1) is 6.04 Å². The van der Waals surface area contributed by atoms with E-state index < -0.39 is 0 Å². The zero-order valence-corrected chi connectivity index (χ0v) is 12.2. The molecule has 0 saturated carbocycles. The summed E-state index contributed by atoms with van der Waals surface area (Å²) in [7, 11) is 0. The average molecular weight is 283 g/mol. The minimum atomic E-state index is 0.300. The summed E-state index contributed by atoms with van der Waals surface area (Å²) in [5, 5.41) is 8.19. The van der Waals surface area contributed by atoms with Crippen molar-refractivity contribution in [3.63, 3.8) is 0 Å². The first-order valence-corrected chi connectivity index (χ1v) is 7.92. The molecular weight excluding hydrogens is 262 g/mol. The molecule has 4 rings (SSSR count). The van der Waals surface area contributed by atoms with Crippen molar-refractivity contribution in [1.82, 2.24) is 14.8 Å². The Bertz CT molecular complexity index is 600. The van der Waals surface area contributed by atoms with Crippen LogP contribution in [0.5, 0.6) is 0 Å². The first kappa shape index (κ1) is 12.7. The van der Waals surface area contributed by atoms with Crippen LogP contribution in [0.3, 0.4) is 0 Å². The largest absolute Gasteiger partial charge is 0.354 e. The molecule has 110 valence electrons. The van der Waals surface area contributed by atoms with Gasteiger partial charge in [0.1, 0.15) is 0 Å². The molecule has 0 radical (unpaired) electrons. The van der Waals surface area contributed by atoms with Gasteiger partial charge in [-0.25, -0.2) is 4.68 Å². The van der Waals surface area contributed by atoms with Crippen molar-refractivity contribution in [2.24, 2.45) is 0 Å². The van der Waals surface area contributed by atoms with Gasteiger partial charge in [-0.2, -0.15) is 4.98 Å². The topological polar surface area (TPSA) is 46.0 Å². The molecule has 1 saturated heterocycles. The summed E-state index contributed by atoms with van der Waals surface area (Å²) in [4.78, 5) is 7.03. The van der Waals surface area contributed by atoms with Gasteiger partial charge in [-0.3, -0.25) is 0 Å². The zero-order valence-electron chi connectivity index (χ0n) is 12.2. The van der Waals surface area contributed by atoms with Gasteiger partial charge >= 0.3 is 0 Å². The molecule has 2 aliphatic heterocycles. The Hall–Kier alpha value is -2.04. The normalized spacial score (nSPS) is 21.7. The summed E-state index contributed by atoms with van der Waals surface area (Å²) in [6.07, 6.45) is 4.88. The van der Waals surface area contributed by atoms with Crippen molar-refractivity contribution in [1.29, 1.82) is 0 Å². The highest BCUT2D eigenvalue weighted by atomic mass is 15.5. The predicted molar refractivity (Wildman–Crippen MR) is 83.8 cm³/mol. The lowest BCUT2D eigenvalue weighted by molar-refractivity contribution is 0.477. The number of hydrogen-bond donors (Lipinski definition) is 1. The van der Waals surface area contributed by atoms with Gasteiger partial charge in [-0.1, -0.05) is 30.3 Å². The van der Waals surface area contributed by atoms with Crippen molar-refractivity contribution < 1.29 is 0 Å². The van der Waals surface area contributed by atoms with Crippen molar-refractivity contribution in [3.8, 4) is 0 Å². The fraction of sp³-hybridized carbons (Fsp3) is 0.500. The van der Waals surface area contributed by atoms with Crippen LogP contribution in [0.25, 0.3) is 0 Å². The monoisotopic (exact) mass is 283 g/mol. The van der Waals surface area contributed by atoms with Gasteiger partial charge in [-0.05, 0) is 31.2 Å². The Morgan fingerprint density at radius 2 is 1.86 bits per heavy atom. The maximum Gasteiger partial charge on any atom is 0.246 e. The molecule has 3 heterocycles. The van der Waals surface area contributed by atoms with Crippen molar-refractivity contribution in [3.05, 3.63) is 35.9 Å². The lowest BCUT2D eigenvalue weighted by Gasteiger charge is -2.25. The van der Waals surface area contributed by atoms with Crippen LogP contribution >= 0.6 is 0 Å². The SMILES string of the molecule is c1ccc(C2CCNc3nc(N4CCCCC4)nn32)cc1. The van der Waals surface area contributed by atoms with E-state index in [-0.39, 0.29) is 0 Å². The third-order valence-corrected chi connectivity index (χ3v) is 4.44. The molecule has 1 aromatic heterocycles. The molecule has 1 atom stereocenters. The Kier molecular flexibility index (Phi) is 3.25. The summed E-state index contributed by atoms with van der Waals surface area (Å²) in [5.41, 5.74) is 1.32. The van der Waals surface area contributed by atoms with Crippen LogP contribution < -0.4 is 10.2 Å². The van der Waals surface area contributed by atoms with Crippen molar-refractivity contribution in [2.75, 3.05) is 29.9 Å². The van der Waals surface area contributed by atoms with Crippen LogP contribution in [0, 0.1) is 0 Å². The van der Waals surface area contributed by atoms with E-state index in [1.54, 1.807) is 0 Å². The maximum absolute atomic E-state index is 4.80. The second-order valence-electron chi connectivity index (χ2n) is 5.87. The molecule has 1 N–H and O–H groups in total. The third kappa shape index (κ3) is 2.37. The first-order chi connectivity index (χ1) is 10.4. The van der Waals surface area contributed by atoms with Gasteiger partial charge in [0, 0.05) is 19.6 Å². The van der Waals surface area contributed by atoms with Gasteiger partial charge in [-0.15, -0.1) is 5.10 Å². The summed E-state index contributed by atoms with van der Waals surface area (Å²) in [6, 6.07) is 10.9. The lowest BCUT2D eigenvalue weighted by Crippen LogP contribution is -2.30. The Morgan fingerprint density at radius 1 is 1.05 bits per heavy atom. The molecule has 5 nitrogen and oxygen atoms in total. The predicted octanol–water partition coefficient (Wildman–Crippen LogP) is 2.67. The average Bonchev–Trinajstić information content (AvgIpc) is 3.00. The molecule has 1 aromatic carbocycles. The second-order valence-corrected chi connectivity index (χ2v) is 5.87. The van der Waals surface area contributed by atoms with Crippen LogP contribution in [0.2, 0.25) is 0 Å². The minimum absolute atomic E-state index is 0.300. The molecule has 0 amide bonds. The summed E-state index contributed by atoms with van der Waals surface area (Å²) >= 11 is 0. The highest BCUT2D eigenvalue weighted by Crippen LogP contribution is 2.30. The number of aromatic nitrogens is 3. The Labute approximate surface area is 125 Å². The van der Waals surface area contributed by atoms with Crippen LogP contribution in [-0.4, -0.2) is 34.4 Å². The molecule has 1 unspecified atom stereocenters.